The maximum absolute atomic E-state index is 11.8. The maximum Gasteiger partial charge on any atom is 0.410 e. The van der Waals surface area contributed by atoms with E-state index >= 15 is 0 Å². The number of rotatable bonds is 4. The quantitative estimate of drug-likeness (QED) is 0.896. The van der Waals surface area contributed by atoms with Crippen LogP contribution in [0.15, 0.2) is 18.2 Å². The number of likely N-dealkylation sites (N-methyl/N-ethyl adjacent to an activating group) is 1. The molecule has 6 heteroatoms. The number of hydrogen-bond acceptors (Lipinski definition) is 4. The first-order valence-electron chi connectivity index (χ1n) is 7.35. The van der Waals surface area contributed by atoms with Gasteiger partial charge in [-0.05, 0) is 44.5 Å². The SMILES string of the molecule is CN(CCNc1ccc2c(c1)CC(=O)N2)C(=O)OC(C)(C)C. The second-order valence-electron chi connectivity index (χ2n) is 6.43. The van der Waals surface area contributed by atoms with E-state index in [0.29, 0.717) is 19.5 Å². The lowest BCUT2D eigenvalue weighted by Crippen LogP contribution is -2.36. The van der Waals surface area contributed by atoms with Crippen LogP contribution in [0, 0.1) is 0 Å². The van der Waals surface area contributed by atoms with Crippen LogP contribution in [0.5, 0.6) is 0 Å². The molecular weight excluding hydrogens is 282 g/mol. The summed E-state index contributed by atoms with van der Waals surface area (Å²) in [5.41, 5.74) is 2.32. The average Bonchev–Trinajstić information content (AvgIpc) is 2.75. The molecule has 2 rings (SSSR count). The molecule has 0 saturated carbocycles. The highest BCUT2D eigenvalue weighted by Crippen LogP contribution is 2.25. The number of carbonyl (C=O) groups is 2. The molecule has 1 aromatic rings. The number of ether oxygens (including phenoxy) is 1. The van der Waals surface area contributed by atoms with Crippen molar-refractivity contribution in [2.75, 3.05) is 30.8 Å². The van der Waals surface area contributed by atoms with Crippen LogP contribution in [-0.2, 0) is 16.0 Å². The van der Waals surface area contributed by atoms with Crippen LogP contribution in [0.4, 0.5) is 16.2 Å². The molecule has 1 aromatic carbocycles. The first kappa shape index (κ1) is 16.1. The van der Waals surface area contributed by atoms with E-state index in [1.54, 1.807) is 7.05 Å². The van der Waals surface area contributed by atoms with Crippen LogP contribution in [0.3, 0.4) is 0 Å². The van der Waals surface area contributed by atoms with Gasteiger partial charge in [0.25, 0.3) is 0 Å². The summed E-state index contributed by atoms with van der Waals surface area (Å²) >= 11 is 0. The molecule has 0 unspecified atom stereocenters. The summed E-state index contributed by atoms with van der Waals surface area (Å²) in [7, 11) is 1.71. The number of anilines is 2. The van der Waals surface area contributed by atoms with E-state index in [1.807, 2.05) is 39.0 Å². The molecule has 1 aliphatic rings. The Morgan fingerprint density at radius 2 is 2.14 bits per heavy atom. The molecule has 2 N–H and O–H groups in total. The molecule has 0 aliphatic carbocycles. The molecule has 0 atom stereocenters. The highest BCUT2D eigenvalue weighted by atomic mass is 16.6. The first-order chi connectivity index (χ1) is 10.2. The predicted molar refractivity (Wildman–Crippen MR) is 86.1 cm³/mol. The van der Waals surface area contributed by atoms with Crippen molar-refractivity contribution in [2.24, 2.45) is 0 Å². The molecular formula is C16H23N3O3. The Balaban J connectivity index is 1.81. The third-order valence-electron chi connectivity index (χ3n) is 3.21. The van der Waals surface area contributed by atoms with Crippen molar-refractivity contribution < 1.29 is 14.3 Å². The number of benzene rings is 1. The lowest BCUT2D eigenvalue weighted by molar-refractivity contribution is -0.115. The Hall–Kier alpha value is -2.24. The highest BCUT2D eigenvalue weighted by Gasteiger charge is 2.19. The van der Waals surface area contributed by atoms with Crippen molar-refractivity contribution in [3.63, 3.8) is 0 Å². The van der Waals surface area contributed by atoms with Crippen molar-refractivity contribution in [1.29, 1.82) is 0 Å². The average molecular weight is 305 g/mol. The lowest BCUT2D eigenvalue weighted by Gasteiger charge is -2.24. The molecule has 2 amide bonds. The van der Waals surface area contributed by atoms with Gasteiger partial charge in [0.05, 0.1) is 6.42 Å². The molecule has 6 nitrogen and oxygen atoms in total. The number of amides is 2. The monoisotopic (exact) mass is 305 g/mol. The minimum Gasteiger partial charge on any atom is -0.444 e. The van der Waals surface area contributed by atoms with Crippen LogP contribution in [0.1, 0.15) is 26.3 Å². The Kier molecular flexibility index (Phi) is 4.59. The summed E-state index contributed by atoms with van der Waals surface area (Å²) in [5.74, 6) is 0.0248. The largest absolute Gasteiger partial charge is 0.444 e. The minimum atomic E-state index is -0.488. The Bertz CT molecular complexity index is 578. The Morgan fingerprint density at radius 3 is 2.82 bits per heavy atom. The number of hydrogen-bond donors (Lipinski definition) is 2. The standard InChI is InChI=1S/C16H23N3O3/c1-16(2,3)22-15(21)19(4)8-7-17-12-5-6-13-11(9-12)10-14(20)18-13/h5-6,9,17H,7-8,10H2,1-4H3,(H,18,20). The topological polar surface area (TPSA) is 70.7 Å². The Labute approximate surface area is 130 Å². The summed E-state index contributed by atoms with van der Waals surface area (Å²) in [6.45, 7) is 6.67. The van der Waals surface area contributed by atoms with Gasteiger partial charge in [-0.25, -0.2) is 4.79 Å². The summed E-state index contributed by atoms with van der Waals surface area (Å²) in [4.78, 5) is 24.7. The molecule has 0 radical (unpaired) electrons. The molecule has 120 valence electrons. The van der Waals surface area contributed by atoms with Crippen molar-refractivity contribution in [2.45, 2.75) is 32.8 Å². The Morgan fingerprint density at radius 1 is 1.41 bits per heavy atom. The zero-order valence-electron chi connectivity index (χ0n) is 13.5. The fourth-order valence-corrected chi connectivity index (χ4v) is 2.14. The van der Waals surface area contributed by atoms with Gasteiger partial charge in [-0.1, -0.05) is 0 Å². The minimum absolute atomic E-state index is 0.0248. The second kappa shape index (κ2) is 6.25. The van der Waals surface area contributed by atoms with Gasteiger partial charge in [0.15, 0.2) is 0 Å². The molecule has 0 bridgehead atoms. The summed E-state index contributed by atoms with van der Waals surface area (Å²) in [6.07, 6.45) is 0.0842. The van der Waals surface area contributed by atoms with Crippen molar-refractivity contribution in [3.05, 3.63) is 23.8 Å². The third-order valence-corrected chi connectivity index (χ3v) is 3.21. The van der Waals surface area contributed by atoms with Gasteiger partial charge >= 0.3 is 6.09 Å². The smallest absolute Gasteiger partial charge is 0.410 e. The van der Waals surface area contributed by atoms with E-state index in [-0.39, 0.29) is 12.0 Å². The normalized spacial score (nSPS) is 13.4. The number of nitrogens with zero attached hydrogens (tertiary/aromatic N) is 1. The molecule has 1 heterocycles. The van der Waals surface area contributed by atoms with Crippen molar-refractivity contribution >= 4 is 23.4 Å². The van der Waals surface area contributed by atoms with Gasteiger partial charge < -0.3 is 20.3 Å². The van der Waals surface area contributed by atoms with Crippen LogP contribution in [0.2, 0.25) is 0 Å². The number of fused-ring (bicyclic) bond motifs is 1. The summed E-state index contributed by atoms with van der Waals surface area (Å²) < 4.78 is 5.29. The van der Waals surface area contributed by atoms with E-state index < -0.39 is 5.60 Å². The predicted octanol–water partition coefficient (Wildman–Crippen LogP) is 2.46. The molecule has 0 spiro atoms. The molecule has 0 aromatic heterocycles. The van der Waals surface area contributed by atoms with Gasteiger partial charge in [0, 0.05) is 31.5 Å². The van der Waals surface area contributed by atoms with E-state index in [2.05, 4.69) is 10.6 Å². The van der Waals surface area contributed by atoms with Crippen molar-refractivity contribution in [3.8, 4) is 0 Å². The van der Waals surface area contributed by atoms with Crippen LogP contribution >= 0.6 is 0 Å². The van der Waals surface area contributed by atoms with Gasteiger partial charge in [0.2, 0.25) is 5.91 Å². The number of carbonyl (C=O) groups excluding carboxylic acids is 2. The number of nitrogens with one attached hydrogen (secondary N) is 2. The van der Waals surface area contributed by atoms with Crippen molar-refractivity contribution in [1.82, 2.24) is 4.90 Å². The van der Waals surface area contributed by atoms with Gasteiger partial charge in [-0.2, -0.15) is 0 Å². The van der Waals surface area contributed by atoms with Crippen LogP contribution in [0.25, 0.3) is 0 Å². The third kappa shape index (κ3) is 4.38. The maximum atomic E-state index is 11.8. The van der Waals surface area contributed by atoms with Gasteiger partial charge in [-0.15, -0.1) is 0 Å². The zero-order valence-corrected chi connectivity index (χ0v) is 13.5. The molecule has 0 saturated heterocycles. The lowest BCUT2D eigenvalue weighted by atomic mass is 10.1. The van der Waals surface area contributed by atoms with Gasteiger partial charge in [-0.3, -0.25) is 4.79 Å². The summed E-state index contributed by atoms with van der Waals surface area (Å²) in [6, 6.07) is 5.76. The van der Waals surface area contributed by atoms with E-state index in [0.717, 1.165) is 16.9 Å². The zero-order chi connectivity index (χ0) is 16.3. The summed E-state index contributed by atoms with van der Waals surface area (Å²) in [5, 5.41) is 6.05. The van der Waals surface area contributed by atoms with Crippen LogP contribution in [-0.4, -0.2) is 42.6 Å². The van der Waals surface area contributed by atoms with E-state index in [9.17, 15) is 9.59 Å². The van der Waals surface area contributed by atoms with E-state index in [4.69, 9.17) is 4.74 Å². The second-order valence-corrected chi connectivity index (χ2v) is 6.43. The van der Waals surface area contributed by atoms with Crippen LogP contribution < -0.4 is 10.6 Å². The molecule has 22 heavy (non-hydrogen) atoms. The fourth-order valence-electron chi connectivity index (χ4n) is 2.14. The fraction of sp³-hybridized carbons (Fsp3) is 0.500. The van der Waals surface area contributed by atoms with E-state index in [1.165, 1.54) is 4.90 Å². The molecule has 0 fully saturated rings. The first-order valence-corrected chi connectivity index (χ1v) is 7.35. The van der Waals surface area contributed by atoms with Gasteiger partial charge in [0.1, 0.15) is 5.60 Å². The molecule has 1 aliphatic heterocycles. The highest BCUT2D eigenvalue weighted by molar-refractivity contribution is 5.99.